The minimum atomic E-state index is -0.748. The fourth-order valence-corrected chi connectivity index (χ4v) is 4.61. The highest BCUT2D eigenvalue weighted by molar-refractivity contribution is 5.78. The summed E-state index contributed by atoms with van der Waals surface area (Å²) in [6.07, 6.45) is 2.21. The van der Waals surface area contributed by atoms with Crippen LogP contribution in [0.4, 0.5) is 5.69 Å². The van der Waals surface area contributed by atoms with Crippen LogP contribution in [0.25, 0.3) is 0 Å². The second-order valence-electron chi connectivity index (χ2n) is 9.49. The molecule has 1 aromatic rings. The van der Waals surface area contributed by atoms with E-state index >= 15 is 0 Å². The van der Waals surface area contributed by atoms with Crippen LogP contribution in [0.15, 0.2) is 24.8 Å². The van der Waals surface area contributed by atoms with Crippen molar-refractivity contribution < 1.29 is 28.5 Å². The number of fused-ring (bicyclic) bond motifs is 4. The van der Waals surface area contributed by atoms with Gasteiger partial charge in [0.25, 0.3) is 0 Å². The number of nitrogens with one attached hydrogen (secondary N) is 2. The third-order valence-corrected chi connectivity index (χ3v) is 5.80. The number of hydrogen-bond acceptors (Lipinski definition) is 7. The Bertz CT molecular complexity index is 855. The number of ether oxygens (including phenoxy) is 5. The number of anilines is 1. The molecule has 8 nitrogen and oxygen atoms in total. The third-order valence-electron chi connectivity index (χ3n) is 5.80. The van der Waals surface area contributed by atoms with E-state index < -0.39 is 5.79 Å². The van der Waals surface area contributed by atoms with Gasteiger partial charge in [-0.1, -0.05) is 19.9 Å². The van der Waals surface area contributed by atoms with Gasteiger partial charge in [-0.05, 0) is 32.3 Å². The van der Waals surface area contributed by atoms with Gasteiger partial charge in [0.2, 0.25) is 12.7 Å². The Morgan fingerprint density at radius 2 is 2.06 bits per heavy atom. The van der Waals surface area contributed by atoms with Crippen molar-refractivity contribution >= 4 is 11.6 Å². The molecular formula is C24H34N2O6. The first-order valence-corrected chi connectivity index (χ1v) is 11.3. The highest BCUT2D eigenvalue weighted by atomic mass is 16.8. The average molecular weight is 447 g/mol. The van der Waals surface area contributed by atoms with Gasteiger partial charge in [-0.25, -0.2) is 0 Å². The van der Waals surface area contributed by atoms with Gasteiger partial charge in [0.15, 0.2) is 17.3 Å². The molecule has 4 atom stereocenters. The lowest BCUT2D eigenvalue weighted by Crippen LogP contribution is -2.47. The molecule has 0 bridgehead atoms. The number of hydrogen-bond donors (Lipinski definition) is 2. The summed E-state index contributed by atoms with van der Waals surface area (Å²) in [5, 5.41) is 6.63. The van der Waals surface area contributed by atoms with Crippen LogP contribution in [0.2, 0.25) is 0 Å². The minimum Gasteiger partial charge on any atom is -0.454 e. The van der Waals surface area contributed by atoms with Crippen molar-refractivity contribution in [2.24, 2.45) is 5.92 Å². The average Bonchev–Trinajstić information content (AvgIpc) is 3.29. The lowest BCUT2D eigenvalue weighted by Gasteiger charge is -2.35. The SMILES string of the molecule is C=CCOC[C@H](CC(C)C)NC(=O)C[C@@H]1Nc2cc3c(cc2[C@@H]2OC(C)(C)O[C@@H]12)OCO3. The largest absolute Gasteiger partial charge is 0.454 e. The molecule has 0 saturated carbocycles. The van der Waals surface area contributed by atoms with Crippen molar-refractivity contribution in [1.29, 1.82) is 0 Å². The summed E-state index contributed by atoms with van der Waals surface area (Å²) in [7, 11) is 0. The molecule has 0 aromatic heterocycles. The van der Waals surface area contributed by atoms with Crippen LogP contribution in [-0.2, 0) is 19.0 Å². The molecule has 1 amide bonds. The molecule has 0 radical (unpaired) electrons. The Kier molecular flexibility index (Phi) is 6.65. The molecule has 0 unspecified atom stereocenters. The molecule has 3 aliphatic heterocycles. The van der Waals surface area contributed by atoms with E-state index in [0.717, 1.165) is 17.7 Å². The van der Waals surface area contributed by atoms with Crippen LogP contribution in [0.3, 0.4) is 0 Å². The van der Waals surface area contributed by atoms with Crippen LogP contribution in [0.5, 0.6) is 11.5 Å². The van der Waals surface area contributed by atoms with Crippen LogP contribution in [0, 0.1) is 5.92 Å². The molecule has 0 spiro atoms. The Hall–Kier alpha value is -2.29. The first-order valence-electron chi connectivity index (χ1n) is 11.3. The fraction of sp³-hybridized carbons (Fsp3) is 0.625. The van der Waals surface area contributed by atoms with E-state index in [1.165, 1.54) is 0 Å². The van der Waals surface area contributed by atoms with Gasteiger partial charge < -0.3 is 34.3 Å². The van der Waals surface area contributed by atoms with E-state index in [0.29, 0.717) is 30.6 Å². The number of carbonyl (C=O) groups excluding carboxylic acids is 1. The highest BCUT2D eigenvalue weighted by Gasteiger charge is 2.50. The number of rotatable bonds is 9. The topological polar surface area (TPSA) is 87.3 Å². The molecule has 4 rings (SSSR count). The van der Waals surface area contributed by atoms with Crippen LogP contribution >= 0.6 is 0 Å². The van der Waals surface area contributed by atoms with Crippen molar-refractivity contribution in [3.8, 4) is 11.5 Å². The van der Waals surface area contributed by atoms with Crippen molar-refractivity contribution in [2.45, 2.75) is 70.6 Å². The van der Waals surface area contributed by atoms with Gasteiger partial charge in [0.05, 0.1) is 25.3 Å². The van der Waals surface area contributed by atoms with Crippen LogP contribution in [0.1, 0.15) is 52.2 Å². The summed E-state index contributed by atoms with van der Waals surface area (Å²) in [6.45, 7) is 12.8. The molecule has 2 N–H and O–H groups in total. The van der Waals surface area contributed by atoms with Crippen molar-refractivity contribution in [1.82, 2.24) is 5.32 Å². The van der Waals surface area contributed by atoms with Gasteiger partial charge in [-0.3, -0.25) is 4.79 Å². The third kappa shape index (κ3) is 5.03. The molecule has 3 heterocycles. The second kappa shape index (κ2) is 9.29. The first kappa shape index (κ1) is 22.9. The van der Waals surface area contributed by atoms with E-state index in [-0.39, 0.29) is 43.4 Å². The van der Waals surface area contributed by atoms with Crippen LogP contribution in [-0.4, -0.2) is 49.9 Å². The summed E-state index contributed by atoms with van der Waals surface area (Å²) >= 11 is 0. The van der Waals surface area contributed by atoms with Gasteiger partial charge in [0, 0.05) is 23.7 Å². The van der Waals surface area contributed by atoms with Gasteiger partial charge in [0.1, 0.15) is 12.2 Å². The van der Waals surface area contributed by atoms with E-state index in [1.54, 1.807) is 6.08 Å². The maximum Gasteiger partial charge on any atom is 0.231 e. The summed E-state index contributed by atoms with van der Waals surface area (Å²) < 4.78 is 29.1. The van der Waals surface area contributed by atoms with E-state index in [9.17, 15) is 4.79 Å². The zero-order chi connectivity index (χ0) is 22.9. The van der Waals surface area contributed by atoms with E-state index in [2.05, 4.69) is 31.1 Å². The number of carbonyl (C=O) groups is 1. The van der Waals surface area contributed by atoms with Gasteiger partial charge >= 0.3 is 0 Å². The van der Waals surface area contributed by atoms with Crippen LogP contribution < -0.4 is 20.1 Å². The van der Waals surface area contributed by atoms with Crippen molar-refractivity contribution in [2.75, 3.05) is 25.3 Å². The predicted molar refractivity (Wildman–Crippen MR) is 120 cm³/mol. The molecule has 32 heavy (non-hydrogen) atoms. The lowest BCUT2D eigenvalue weighted by molar-refractivity contribution is -0.148. The molecule has 176 valence electrons. The number of amides is 1. The molecule has 1 fully saturated rings. The monoisotopic (exact) mass is 446 g/mol. The maximum absolute atomic E-state index is 13.0. The molecule has 0 aliphatic carbocycles. The molecule has 1 saturated heterocycles. The Labute approximate surface area is 189 Å². The summed E-state index contributed by atoms with van der Waals surface area (Å²) in [5.41, 5.74) is 1.83. The molecule has 1 aromatic carbocycles. The van der Waals surface area contributed by atoms with Crippen molar-refractivity contribution in [3.63, 3.8) is 0 Å². The van der Waals surface area contributed by atoms with E-state index in [1.807, 2.05) is 26.0 Å². The van der Waals surface area contributed by atoms with Crippen molar-refractivity contribution in [3.05, 3.63) is 30.4 Å². The normalized spacial score (nSPS) is 25.6. The zero-order valence-electron chi connectivity index (χ0n) is 19.3. The van der Waals surface area contributed by atoms with Gasteiger partial charge in [-0.15, -0.1) is 6.58 Å². The quantitative estimate of drug-likeness (QED) is 0.443. The smallest absolute Gasteiger partial charge is 0.231 e. The Morgan fingerprint density at radius 3 is 2.78 bits per heavy atom. The minimum absolute atomic E-state index is 0.0494. The lowest BCUT2D eigenvalue weighted by atomic mass is 9.90. The summed E-state index contributed by atoms with van der Waals surface area (Å²) in [4.78, 5) is 13.0. The summed E-state index contributed by atoms with van der Waals surface area (Å²) in [5.74, 6) is 1.03. The Balaban J connectivity index is 1.49. The summed E-state index contributed by atoms with van der Waals surface area (Å²) in [6, 6.07) is 3.56. The Morgan fingerprint density at radius 1 is 1.31 bits per heavy atom. The molecule has 3 aliphatic rings. The van der Waals surface area contributed by atoms with E-state index in [4.69, 9.17) is 23.7 Å². The van der Waals surface area contributed by atoms with Gasteiger partial charge in [-0.2, -0.15) is 0 Å². The number of benzene rings is 1. The fourth-order valence-electron chi connectivity index (χ4n) is 4.61. The molecule has 8 heteroatoms. The first-order chi connectivity index (χ1) is 15.3. The maximum atomic E-state index is 13.0. The standard InChI is InChI=1S/C24H34N2O6/c1-6-7-28-12-15(8-14(2)3)25-21(27)11-18-23-22(31-24(4,5)32-23)16-9-19-20(30-13-29-19)10-17(16)26-18/h6,9-10,14-15,18,22-23,26H,1,7-8,11-13H2,2-5H3,(H,25,27)/t15-,18-,22-,23-/m0/s1. The molecular weight excluding hydrogens is 412 g/mol. The predicted octanol–water partition coefficient (Wildman–Crippen LogP) is 3.53. The zero-order valence-corrected chi connectivity index (χ0v) is 19.3. The second-order valence-corrected chi connectivity index (χ2v) is 9.49. The highest BCUT2D eigenvalue weighted by Crippen LogP contribution is 2.50.